The van der Waals surface area contributed by atoms with Gasteiger partial charge in [-0.1, -0.05) is 0 Å². The number of ether oxygens (including phenoxy) is 3. The number of carbonyl (C=O) groups excluding carboxylic acids is 3. The number of hydrogen-bond donors (Lipinski definition) is 2. The van der Waals surface area contributed by atoms with Crippen molar-refractivity contribution in [1.82, 2.24) is 5.43 Å². The standard InChI is InChI=1S/C25H22F3N3O7/c1-3-36-21-12-15(4-10-19(21)37-14-18-9-11-20(38-18)24(34)35-2)13-29-31-23(33)22(32)30-17-7-5-16(6-8-17)25(26,27)28/h4-13H,3,14H2,1-2H3,(H,30,32)(H,31,33)/b29-13+. The van der Waals surface area contributed by atoms with Crippen LogP contribution < -0.4 is 20.2 Å². The van der Waals surface area contributed by atoms with Crippen LogP contribution in [0.15, 0.2) is 64.1 Å². The fraction of sp³-hybridized carbons (Fsp3) is 0.200. The number of carbonyl (C=O) groups is 3. The summed E-state index contributed by atoms with van der Waals surface area (Å²) in [7, 11) is 1.24. The highest BCUT2D eigenvalue weighted by molar-refractivity contribution is 6.39. The summed E-state index contributed by atoms with van der Waals surface area (Å²) in [6, 6.07) is 11.4. The molecule has 13 heteroatoms. The molecule has 2 aromatic carbocycles. The van der Waals surface area contributed by atoms with Gasteiger partial charge in [0.25, 0.3) is 0 Å². The lowest BCUT2D eigenvalue weighted by Crippen LogP contribution is -2.32. The molecule has 0 atom stereocenters. The molecule has 0 aliphatic carbocycles. The van der Waals surface area contributed by atoms with Crippen molar-refractivity contribution in [2.24, 2.45) is 5.10 Å². The van der Waals surface area contributed by atoms with Crippen LogP contribution in [0.4, 0.5) is 18.9 Å². The third-order valence-corrected chi connectivity index (χ3v) is 4.74. The van der Waals surface area contributed by atoms with Crippen molar-refractivity contribution in [3.05, 3.63) is 77.2 Å². The Morgan fingerprint density at radius 3 is 2.37 bits per heavy atom. The Morgan fingerprint density at radius 1 is 0.974 bits per heavy atom. The molecular formula is C25H22F3N3O7. The molecule has 0 unspecified atom stereocenters. The van der Waals surface area contributed by atoms with Crippen LogP contribution in [0.1, 0.15) is 34.4 Å². The van der Waals surface area contributed by atoms with E-state index in [-0.39, 0.29) is 18.1 Å². The molecule has 0 spiro atoms. The van der Waals surface area contributed by atoms with Crippen molar-refractivity contribution < 1.29 is 46.2 Å². The number of anilines is 1. The Morgan fingerprint density at radius 2 is 1.71 bits per heavy atom. The highest BCUT2D eigenvalue weighted by atomic mass is 19.4. The van der Waals surface area contributed by atoms with Gasteiger partial charge in [-0.2, -0.15) is 18.3 Å². The Bertz CT molecular complexity index is 1320. The molecule has 38 heavy (non-hydrogen) atoms. The quantitative estimate of drug-likeness (QED) is 0.183. The van der Waals surface area contributed by atoms with Gasteiger partial charge in [0.15, 0.2) is 11.5 Å². The Kier molecular flexibility index (Phi) is 9.09. The SMILES string of the molecule is CCOc1cc(/C=N/NC(=O)C(=O)Nc2ccc(C(F)(F)F)cc2)ccc1OCc1ccc(C(=O)OC)o1. The summed E-state index contributed by atoms with van der Waals surface area (Å²) in [6.45, 7) is 2.11. The van der Waals surface area contributed by atoms with Crippen LogP contribution in [0.3, 0.4) is 0 Å². The number of esters is 1. The number of halogens is 3. The summed E-state index contributed by atoms with van der Waals surface area (Å²) in [6.07, 6.45) is -3.26. The van der Waals surface area contributed by atoms with Gasteiger partial charge in [0.1, 0.15) is 12.4 Å². The average Bonchev–Trinajstić information content (AvgIpc) is 3.37. The Hall–Kier alpha value is -4.81. The number of rotatable bonds is 9. The molecule has 0 fully saturated rings. The lowest BCUT2D eigenvalue weighted by molar-refractivity contribution is -0.137. The van der Waals surface area contributed by atoms with Gasteiger partial charge in [-0.05, 0) is 67.1 Å². The van der Waals surface area contributed by atoms with Crippen LogP contribution in [0, 0.1) is 0 Å². The summed E-state index contributed by atoms with van der Waals surface area (Å²) < 4.78 is 59.1. The lowest BCUT2D eigenvalue weighted by atomic mass is 10.2. The molecule has 0 radical (unpaired) electrons. The molecule has 0 saturated heterocycles. The lowest BCUT2D eigenvalue weighted by Gasteiger charge is -2.11. The maximum absolute atomic E-state index is 12.6. The van der Waals surface area contributed by atoms with Gasteiger partial charge in [-0.25, -0.2) is 10.2 Å². The van der Waals surface area contributed by atoms with E-state index in [1.165, 1.54) is 19.4 Å². The fourth-order valence-electron chi connectivity index (χ4n) is 2.95. The van der Waals surface area contributed by atoms with E-state index in [0.29, 0.717) is 29.4 Å². The van der Waals surface area contributed by atoms with Crippen LogP contribution >= 0.6 is 0 Å². The summed E-state index contributed by atoms with van der Waals surface area (Å²) in [5, 5.41) is 5.89. The van der Waals surface area contributed by atoms with Gasteiger partial charge in [0, 0.05) is 5.69 Å². The van der Waals surface area contributed by atoms with E-state index in [1.807, 2.05) is 5.43 Å². The third kappa shape index (κ3) is 7.59. The number of alkyl halides is 3. The maximum atomic E-state index is 12.6. The first-order valence-corrected chi connectivity index (χ1v) is 11.0. The highest BCUT2D eigenvalue weighted by Gasteiger charge is 2.30. The Labute approximate surface area is 214 Å². The molecular weight excluding hydrogens is 511 g/mol. The number of amides is 2. The van der Waals surface area contributed by atoms with Gasteiger partial charge in [0.05, 0.1) is 25.5 Å². The summed E-state index contributed by atoms with van der Waals surface area (Å²) >= 11 is 0. The van der Waals surface area contributed by atoms with E-state index in [9.17, 15) is 27.6 Å². The number of hydrogen-bond acceptors (Lipinski definition) is 8. The second kappa shape index (κ2) is 12.4. The first kappa shape index (κ1) is 27.8. The number of nitrogens with zero attached hydrogens (tertiary/aromatic N) is 1. The van der Waals surface area contributed by atoms with Crippen LogP contribution in [0.5, 0.6) is 11.5 Å². The summed E-state index contributed by atoms with van der Waals surface area (Å²) in [5.41, 5.74) is 1.65. The number of benzene rings is 2. The Balaban J connectivity index is 1.57. The normalized spacial score (nSPS) is 11.2. The monoisotopic (exact) mass is 533 g/mol. The van der Waals surface area contributed by atoms with E-state index in [0.717, 1.165) is 24.3 Å². The number of nitrogens with one attached hydrogen (secondary N) is 2. The van der Waals surface area contributed by atoms with Gasteiger partial charge >= 0.3 is 24.0 Å². The molecule has 0 saturated carbocycles. The molecule has 0 aliphatic heterocycles. The van der Waals surface area contributed by atoms with E-state index >= 15 is 0 Å². The highest BCUT2D eigenvalue weighted by Crippen LogP contribution is 2.30. The van der Waals surface area contributed by atoms with Gasteiger partial charge in [-0.3, -0.25) is 9.59 Å². The van der Waals surface area contributed by atoms with Crippen LogP contribution in [-0.2, 0) is 27.1 Å². The summed E-state index contributed by atoms with van der Waals surface area (Å²) in [5.74, 6) is -1.69. The van der Waals surface area contributed by atoms with Crippen molar-refractivity contribution in [3.63, 3.8) is 0 Å². The van der Waals surface area contributed by atoms with Crippen molar-refractivity contribution in [1.29, 1.82) is 0 Å². The minimum Gasteiger partial charge on any atom is -0.490 e. The molecule has 3 rings (SSSR count). The molecule has 1 aromatic heterocycles. The zero-order valence-electron chi connectivity index (χ0n) is 20.1. The second-order valence-corrected chi connectivity index (χ2v) is 7.41. The van der Waals surface area contributed by atoms with E-state index in [1.54, 1.807) is 31.2 Å². The predicted octanol–water partition coefficient (Wildman–Crippen LogP) is 4.15. The van der Waals surface area contributed by atoms with Crippen LogP contribution in [0.25, 0.3) is 0 Å². The molecule has 0 bridgehead atoms. The van der Waals surface area contributed by atoms with E-state index in [4.69, 9.17) is 13.9 Å². The third-order valence-electron chi connectivity index (χ3n) is 4.74. The number of furan rings is 1. The van der Waals surface area contributed by atoms with Gasteiger partial charge in [0.2, 0.25) is 5.76 Å². The molecule has 2 amide bonds. The van der Waals surface area contributed by atoms with Crippen molar-refractivity contribution in [2.45, 2.75) is 19.7 Å². The first-order valence-electron chi connectivity index (χ1n) is 11.0. The first-order chi connectivity index (χ1) is 18.1. The second-order valence-electron chi connectivity index (χ2n) is 7.41. The fourth-order valence-corrected chi connectivity index (χ4v) is 2.95. The largest absolute Gasteiger partial charge is 0.490 e. The topological polar surface area (TPSA) is 128 Å². The summed E-state index contributed by atoms with van der Waals surface area (Å²) in [4.78, 5) is 35.4. The zero-order chi connectivity index (χ0) is 27.7. The predicted molar refractivity (Wildman–Crippen MR) is 128 cm³/mol. The van der Waals surface area contributed by atoms with E-state index in [2.05, 4.69) is 15.2 Å². The average molecular weight is 533 g/mol. The van der Waals surface area contributed by atoms with E-state index < -0.39 is 29.5 Å². The zero-order valence-corrected chi connectivity index (χ0v) is 20.1. The molecule has 200 valence electrons. The van der Waals surface area contributed by atoms with Crippen LogP contribution in [-0.4, -0.2) is 37.7 Å². The number of hydrazone groups is 1. The molecule has 2 N–H and O–H groups in total. The van der Waals surface area contributed by atoms with Crippen molar-refractivity contribution in [3.8, 4) is 11.5 Å². The maximum Gasteiger partial charge on any atom is 0.416 e. The van der Waals surface area contributed by atoms with Crippen molar-refractivity contribution >= 4 is 29.7 Å². The molecule has 10 nitrogen and oxygen atoms in total. The molecule has 1 heterocycles. The number of methoxy groups -OCH3 is 1. The minimum absolute atomic E-state index is 0.00854. The molecule has 0 aliphatic rings. The van der Waals surface area contributed by atoms with Crippen LogP contribution in [0.2, 0.25) is 0 Å². The van der Waals surface area contributed by atoms with Crippen molar-refractivity contribution in [2.75, 3.05) is 19.0 Å². The molecule has 3 aromatic rings. The smallest absolute Gasteiger partial charge is 0.416 e. The minimum atomic E-state index is -4.52. The van der Waals surface area contributed by atoms with Gasteiger partial charge < -0.3 is 23.9 Å². The van der Waals surface area contributed by atoms with Gasteiger partial charge in [-0.15, -0.1) is 0 Å².